The highest BCUT2D eigenvalue weighted by molar-refractivity contribution is 7.87. The molecule has 0 aromatic rings. The summed E-state index contributed by atoms with van der Waals surface area (Å²) in [7, 11) is -3.64. The van der Waals surface area contributed by atoms with E-state index in [0.717, 1.165) is 0 Å². The van der Waals surface area contributed by atoms with Gasteiger partial charge in [0.1, 0.15) is 0 Å². The molecular formula is C4H10N2O3S. The molecule has 4 N–H and O–H groups in total. The van der Waals surface area contributed by atoms with Gasteiger partial charge in [0.05, 0.1) is 12.1 Å². The third-order valence-electron chi connectivity index (χ3n) is 1.51. The maximum atomic E-state index is 10.4. The number of hydrogen-bond acceptors (Lipinski definition) is 3. The van der Waals surface area contributed by atoms with Crippen LogP contribution in [0.2, 0.25) is 0 Å². The van der Waals surface area contributed by atoms with Crippen LogP contribution in [0.1, 0.15) is 12.8 Å². The second kappa shape index (κ2) is 2.16. The van der Waals surface area contributed by atoms with Crippen molar-refractivity contribution in [1.29, 1.82) is 0 Å². The first-order chi connectivity index (χ1) is 4.47. The molecule has 0 aliphatic heterocycles. The molecular weight excluding hydrogens is 156 g/mol. The summed E-state index contributed by atoms with van der Waals surface area (Å²) in [5, 5.41) is 13.3. The Labute approximate surface area is 59.4 Å². The number of hydrogen-bond donors (Lipinski definition) is 3. The van der Waals surface area contributed by atoms with Crippen molar-refractivity contribution >= 4 is 10.2 Å². The maximum Gasteiger partial charge on any atom is 0.274 e. The van der Waals surface area contributed by atoms with Crippen LogP contribution in [-0.2, 0) is 10.2 Å². The number of nitrogens with one attached hydrogen (secondary N) is 1. The number of aliphatic hydroxyl groups excluding tert-OH is 1. The van der Waals surface area contributed by atoms with Crippen LogP contribution in [0.3, 0.4) is 0 Å². The van der Waals surface area contributed by atoms with Crippen molar-refractivity contribution in [2.75, 3.05) is 6.61 Å². The number of rotatable bonds is 3. The SMILES string of the molecule is NS(=O)(=O)NC1(CO)CC1. The molecule has 10 heavy (non-hydrogen) atoms. The Balaban J connectivity index is 2.54. The normalized spacial score (nSPS) is 22.6. The Hall–Kier alpha value is -0.170. The third kappa shape index (κ3) is 1.91. The third-order valence-corrected chi connectivity index (χ3v) is 2.23. The van der Waals surface area contributed by atoms with Gasteiger partial charge >= 0.3 is 0 Å². The summed E-state index contributed by atoms with van der Waals surface area (Å²) in [5.41, 5.74) is -0.631. The van der Waals surface area contributed by atoms with E-state index in [-0.39, 0.29) is 6.61 Å². The van der Waals surface area contributed by atoms with Crippen LogP contribution in [0.5, 0.6) is 0 Å². The predicted molar refractivity (Wildman–Crippen MR) is 35.3 cm³/mol. The minimum atomic E-state index is -3.64. The van der Waals surface area contributed by atoms with Gasteiger partial charge in [0.25, 0.3) is 10.2 Å². The molecule has 0 saturated heterocycles. The predicted octanol–water partition coefficient (Wildman–Crippen LogP) is -1.70. The van der Waals surface area contributed by atoms with Crippen LogP contribution in [0.4, 0.5) is 0 Å². The first-order valence-corrected chi connectivity index (χ1v) is 4.45. The van der Waals surface area contributed by atoms with E-state index in [1.54, 1.807) is 0 Å². The summed E-state index contributed by atoms with van der Waals surface area (Å²) in [4.78, 5) is 0. The highest BCUT2D eigenvalue weighted by atomic mass is 32.2. The highest BCUT2D eigenvalue weighted by Gasteiger charge is 2.44. The summed E-state index contributed by atoms with van der Waals surface area (Å²) < 4.78 is 23.0. The number of nitrogens with two attached hydrogens (primary N) is 1. The average Bonchev–Trinajstić information content (AvgIpc) is 2.45. The van der Waals surface area contributed by atoms with Gasteiger partial charge in [-0.2, -0.15) is 13.1 Å². The van der Waals surface area contributed by atoms with E-state index in [9.17, 15) is 8.42 Å². The van der Waals surface area contributed by atoms with Crippen molar-refractivity contribution in [3.8, 4) is 0 Å². The molecule has 5 nitrogen and oxygen atoms in total. The van der Waals surface area contributed by atoms with Crippen LogP contribution >= 0.6 is 0 Å². The van der Waals surface area contributed by atoms with Gasteiger partial charge in [0.15, 0.2) is 0 Å². The summed E-state index contributed by atoms with van der Waals surface area (Å²) in [6, 6.07) is 0. The smallest absolute Gasteiger partial charge is 0.274 e. The largest absolute Gasteiger partial charge is 0.394 e. The van der Waals surface area contributed by atoms with E-state index < -0.39 is 15.7 Å². The molecule has 0 unspecified atom stereocenters. The molecule has 0 atom stereocenters. The molecule has 6 heteroatoms. The van der Waals surface area contributed by atoms with Gasteiger partial charge in [0.2, 0.25) is 0 Å². The number of aliphatic hydroxyl groups is 1. The standard InChI is InChI=1S/C4H10N2O3S/c5-10(8,9)6-4(3-7)1-2-4/h6-7H,1-3H2,(H2,5,8,9). The van der Waals surface area contributed by atoms with Crippen molar-refractivity contribution in [2.24, 2.45) is 5.14 Å². The summed E-state index contributed by atoms with van der Waals surface area (Å²) >= 11 is 0. The van der Waals surface area contributed by atoms with E-state index >= 15 is 0 Å². The van der Waals surface area contributed by atoms with E-state index in [2.05, 4.69) is 9.86 Å². The Kier molecular flexibility index (Phi) is 1.71. The first kappa shape index (κ1) is 7.93. The van der Waals surface area contributed by atoms with Gasteiger partial charge in [-0.25, -0.2) is 5.14 Å². The lowest BCUT2D eigenvalue weighted by Crippen LogP contribution is -2.43. The average molecular weight is 166 g/mol. The Morgan fingerprint density at radius 2 is 2.10 bits per heavy atom. The molecule has 0 amide bonds. The zero-order valence-corrected chi connectivity index (χ0v) is 6.19. The van der Waals surface area contributed by atoms with Gasteiger partial charge in [-0.15, -0.1) is 0 Å². The van der Waals surface area contributed by atoms with Gasteiger partial charge in [-0.3, -0.25) is 0 Å². The van der Waals surface area contributed by atoms with Gasteiger partial charge in [-0.1, -0.05) is 0 Å². The monoisotopic (exact) mass is 166 g/mol. The molecule has 1 aliphatic rings. The lowest BCUT2D eigenvalue weighted by Gasteiger charge is -2.10. The molecule has 0 bridgehead atoms. The topological polar surface area (TPSA) is 92.4 Å². The molecule has 60 valence electrons. The fourth-order valence-corrected chi connectivity index (χ4v) is 1.62. The molecule has 1 fully saturated rings. The van der Waals surface area contributed by atoms with Crippen LogP contribution < -0.4 is 9.86 Å². The minimum absolute atomic E-state index is 0.177. The van der Waals surface area contributed by atoms with Crippen LogP contribution in [-0.4, -0.2) is 25.7 Å². The van der Waals surface area contributed by atoms with Crippen LogP contribution in [0.25, 0.3) is 0 Å². The molecule has 1 rings (SSSR count). The van der Waals surface area contributed by atoms with Crippen molar-refractivity contribution in [3.63, 3.8) is 0 Å². The zero-order valence-electron chi connectivity index (χ0n) is 5.37. The van der Waals surface area contributed by atoms with Crippen molar-refractivity contribution in [1.82, 2.24) is 4.72 Å². The fourth-order valence-electron chi connectivity index (χ4n) is 0.745. The summed E-state index contributed by atoms with van der Waals surface area (Å²) in [6.07, 6.45) is 1.33. The van der Waals surface area contributed by atoms with Gasteiger partial charge in [-0.05, 0) is 12.8 Å². The van der Waals surface area contributed by atoms with E-state index in [1.807, 2.05) is 0 Å². The molecule has 1 aliphatic carbocycles. The van der Waals surface area contributed by atoms with Gasteiger partial charge in [0, 0.05) is 0 Å². The van der Waals surface area contributed by atoms with E-state index in [4.69, 9.17) is 5.11 Å². The molecule has 1 saturated carbocycles. The molecule has 0 aromatic carbocycles. The van der Waals surface area contributed by atoms with Crippen LogP contribution in [0, 0.1) is 0 Å². The quantitative estimate of drug-likeness (QED) is 0.467. The van der Waals surface area contributed by atoms with E-state index in [0.29, 0.717) is 12.8 Å². The van der Waals surface area contributed by atoms with Gasteiger partial charge < -0.3 is 5.11 Å². The van der Waals surface area contributed by atoms with Crippen molar-refractivity contribution in [3.05, 3.63) is 0 Å². The molecule has 0 spiro atoms. The van der Waals surface area contributed by atoms with E-state index in [1.165, 1.54) is 0 Å². The maximum absolute atomic E-state index is 10.4. The lowest BCUT2D eigenvalue weighted by atomic mass is 10.3. The van der Waals surface area contributed by atoms with Crippen LogP contribution in [0.15, 0.2) is 0 Å². The zero-order chi connectivity index (χ0) is 7.83. The highest BCUT2D eigenvalue weighted by Crippen LogP contribution is 2.34. The molecule has 0 heterocycles. The minimum Gasteiger partial charge on any atom is -0.394 e. The fraction of sp³-hybridized carbons (Fsp3) is 1.00. The van der Waals surface area contributed by atoms with Crippen molar-refractivity contribution in [2.45, 2.75) is 18.4 Å². The Bertz CT molecular complexity index is 219. The Morgan fingerprint density at radius 1 is 1.60 bits per heavy atom. The molecule has 0 radical (unpaired) electrons. The lowest BCUT2D eigenvalue weighted by molar-refractivity contribution is 0.246. The second-order valence-electron chi connectivity index (χ2n) is 2.59. The summed E-state index contributed by atoms with van der Waals surface area (Å²) in [6.45, 7) is -0.177. The second-order valence-corrected chi connectivity index (χ2v) is 3.88. The van der Waals surface area contributed by atoms with Crippen molar-refractivity contribution < 1.29 is 13.5 Å². The summed E-state index contributed by atoms with van der Waals surface area (Å²) in [5.74, 6) is 0. The first-order valence-electron chi connectivity index (χ1n) is 2.90. The Morgan fingerprint density at radius 3 is 2.20 bits per heavy atom. The molecule has 0 aromatic heterocycles.